The van der Waals surface area contributed by atoms with Gasteiger partial charge < -0.3 is 10.6 Å². The minimum atomic E-state index is -0.0102. The second-order valence-corrected chi connectivity index (χ2v) is 4.23. The molecule has 2 heteroatoms. The van der Waals surface area contributed by atoms with E-state index in [0.29, 0.717) is 0 Å². The van der Waals surface area contributed by atoms with Gasteiger partial charge in [0.25, 0.3) is 0 Å². The van der Waals surface area contributed by atoms with Gasteiger partial charge in [-0.05, 0) is 32.9 Å². The Kier molecular flexibility index (Phi) is 6.35. The number of hydrogen-bond donors (Lipinski definition) is 1. The number of unbranched alkanes of at least 4 members (excludes halogenated alkanes) is 1. The fourth-order valence-corrected chi connectivity index (χ4v) is 1.35. The summed E-state index contributed by atoms with van der Waals surface area (Å²) in [5.74, 6) is 0. The van der Waals surface area contributed by atoms with E-state index in [4.69, 9.17) is 5.73 Å². The molecule has 0 saturated carbocycles. The molecule has 0 aromatic heterocycles. The van der Waals surface area contributed by atoms with Crippen molar-refractivity contribution >= 4 is 0 Å². The van der Waals surface area contributed by atoms with Gasteiger partial charge in [-0.15, -0.1) is 0 Å². The lowest BCUT2D eigenvalue weighted by molar-refractivity contribution is 0.219. The Morgan fingerprint density at radius 3 is 2.23 bits per heavy atom. The molecule has 0 amide bonds. The Morgan fingerprint density at radius 1 is 1.23 bits per heavy atom. The summed E-state index contributed by atoms with van der Waals surface area (Å²) in [6.07, 6.45) is 3.60. The highest BCUT2D eigenvalue weighted by atomic mass is 15.1. The van der Waals surface area contributed by atoms with Gasteiger partial charge >= 0.3 is 0 Å². The van der Waals surface area contributed by atoms with E-state index >= 15 is 0 Å². The van der Waals surface area contributed by atoms with Gasteiger partial charge in [-0.3, -0.25) is 0 Å². The van der Waals surface area contributed by atoms with Crippen LogP contribution in [0.1, 0.15) is 47.0 Å². The number of likely N-dealkylation sites (N-methyl/N-ethyl adjacent to an activating group) is 1. The molecule has 2 N–H and O–H groups in total. The molecule has 1 atom stereocenters. The van der Waals surface area contributed by atoms with Crippen molar-refractivity contribution in [3.63, 3.8) is 0 Å². The topological polar surface area (TPSA) is 29.3 Å². The SMILES string of the molecule is CCCCN(CC)CC(C)(N)CC. The first kappa shape index (κ1) is 12.9. The van der Waals surface area contributed by atoms with E-state index in [9.17, 15) is 0 Å². The smallest absolute Gasteiger partial charge is 0.0252 e. The Morgan fingerprint density at radius 2 is 1.85 bits per heavy atom. The van der Waals surface area contributed by atoms with Crippen molar-refractivity contribution in [2.24, 2.45) is 5.73 Å². The van der Waals surface area contributed by atoms with Crippen LogP contribution in [0.25, 0.3) is 0 Å². The molecule has 0 saturated heterocycles. The highest BCUT2D eigenvalue weighted by molar-refractivity contribution is 4.80. The first-order valence-electron chi connectivity index (χ1n) is 5.57. The van der Waals surface area contributed by atoms with E-state index in [1.165, 1.54) is 19.4 Å². The average molecular weight is 186 g/mol. The third kappa shape index (κ3) is 6.05. The maximum Gasteiger partial charge on any atom is 0.0252 e. The largest absolute Gasteiger partial charge is 0.324 e. The monoisotopic (exact) mass is 186 g/mol. The van der Waals surface area contributed by atoms with Gasteiger partial charge in [0.05, 0.1) is 0 Å². The van der Waals surface area contributed by atoms with Crippen molar-refractivity contribution < 1.29 is 0 Å². The van der Waals surface area contributed by atoms with E-state index in [0.717, 1.165) is 19.5 Å². The third-order valence-corrected chi connectivity index (χ3v) is 2.67. The molecule has 13 heavy (non-hydrogen) atoms. The summed E-state index contributed by atoms with van der Waals surface area (Å²) in [5, 5.41) is 0. The normalized spacial score (nSPS) is 16.2. The second-order valence-electron chi connectivity index (χ2n) is 4.23. The fraction of sp³-hybridized carbons (Fsp3) is 1.00. The summed E-state index contributed by atoms with van der Waals surface area (Å²) in [5.41, 5.74) is 6.11. The van der Waals surface area contributed by atoms with Crippen molar-refractivity contribution in [3.8, 4) is 0 Å². The standard InChI is InChI=1S/C11H26N2/c1-5-8-9-13(7-3)10-11(4,12)6-2/h5-10,12H2,1-4H3. The predicted octanol–water partition coefficient (Wildman–Crippen LogP) is 2.24. The zero-order chi connectivity index (χ0) is 10.3. The summed E-state index contributed by atoms with van der Waals surface area (Å²) in [4.78, 5) is 2.45. The highest BCUT2D eigenvalue weighted by Crippen LogP contribution is 2.08. The van der Waals surface area contributed by atoms with E-state index in [1.54, 1.807) is 0 Å². The molecule has 0 aromatic rings. The van der Waals surface area contributed by atoms with E-state index in [1.807, 2.05) is 0 Å². The first-order valence-corrected chi connectivity index (χ1v) is 5.57. The van der Waals surface area contributed by atoms with Crippen LogP contribution in [0.3, 0.4) is 0 Å². The maximum atomic E-state index is 6.12. The minimum absolute atomic E-state index is 0.0102. The number of rotatable bonds is 7. The van der Waals surface area contributed by atoms with Crippen LogP contribution in [-0.4, -0.2) is 30.1 Å². The van der Waals surface area contributed by atoms with Crippen molar-refractivity contribution in [2.75, 3.05) is 19.6 Å². The summed E-state index contributed by atoms with van der Waals surface area (Å²) in [6.45, 7) is 12.1. The van der Waals surface area contributed by atoms with Gasteiger partial charge in [-0.25, -0.2) is 0 Å². The molecule has 0 heterocycles. The molecular formula is C11H26N2. The molecule has 0 spiro atoms. The van der Waals surface area contributed by atoms with Crippen molar-refractivity contribution in [1.82, 2.24) is 4.90 Å². The van der Waals surface area contributed by atoms with Crippen LogP contribution in [0.2, 0.25) is 0 Å². The molecule has 2 nitrogen and oxygen atoms in total. The van der Waals surface area contributed by atoms with Crippen molar-refractivity contribution in [3.05, 3.63) is 0 Å². The van der Waals surface area contributed by atoms with Gasteiger partial charge in [0.1, 0.15) is 0 Å². The molecule has 0 bridgehead atoms. The Hall–Kier alpha value is -0.0800. The van der Waals surface area contributed by atoms with Gasteiger partial charge in [-0.1, -0.05) is 27.2 Å². The predicted molar refractivity (Wildman–Crippen MR) is 59.9 cm³/mol. The molecule has 0 aliphatic rings. The summed E-state index contributed by atoms with van der Waals surface area (Å²) >= 11 is 0. The third-order valence-electron chi connectivity index (χ3n) is 2.67. The van der Waals surface area contributed by atoms with Crippen LogP contribution >= 0.6 is 0 Å². The lowest BCUT2D eigenvalue weighted by Gasteiger charge is -2.31. The number of hydrogen-bond acceptors (Lipinski definition) is 2. The van der Waals surface area contributed by atoms with E-state index in [-0.39, 0.29) is 5.54 Å². The molecule has 0 radical (unpaired) electrons. The van der Waals surface area contributed by atoms with E-state index < -0.39 is 0 Å². The zero-order valence-corrected chi connectivity index (χ0v) is 9.77. The lowest BCUT2D eigenvalue weighted by atomic mass is 10.00. The number of nitrogens with zero attached hydrogens (tertiary/aromatic N) is 1. The highest BCUT2D eigenvalue weighted by Gasteiger charge is 2.18. The quantitative estimate of drug-likeness (QED) is 0.660. The van der Waals surface area contributed by atoms with Crippen molar-refractivity contribution in [2.45, 2.75) is 52.5 Å². The molecule has 0 aliphatic carbocycles. The second kappa shape index (κ2) is 6.39. The molecule has 1 unspecified atom stereocenters. The van der Waals surface area contributed by atoms with Crippen LogP contribution in [0.4, 0.5) is 0 Å². The van der Waals surface area contributed by atoms with Crippen molar-refractivity contribution in [1.29, 1.82) is 0 Å². The molecular weight excluding hydrogens is 160 g/mol. The average Bonchev–Trinajstić information content (AvgIpc) is 2.12. The molecule has 0 aliphatic heterocycles. The molecule has 80 valence electrons. The van der Waals surface area contributed by atoms with Crippen LogP contribution in [0, 0.1) is 0 Å². The minimum Gasteiger partial charge on any atom is -0.324 e. The van der Waals surface area contributed by atoms with Gasteiger partial charge in [0.2, 0.25) is 0 Å². The van der Waals surface area contributed by atoms with Crippen LogP contribution in [0.5, 0.6) is 0 Å². The zero-order valence-electron chi connectivity index (χ0n) is 9.77. The summed E-state index contributed by atoms with van der Waals surface area (Å²) in [6, 6.07) is 0. The summed E-state index contributed by atoms with van der Waals surface area (Å²) in [7, 11) is 0. The lowest BCUT2D eigenvalue weighted by Crippen LogP contribution is -2.47. The molecule has 0 rings (SSSR count). The van der Waals surface area contributed by atoms with Crippen LogP contribution in [-0.2, 0) is 0 Å². The van der Waals surface area contributed by atoms with Crippen LogP contribution in [0.15, 0.2) is 0 Å². The fourth-order valence-electron chi connectivity index (χ4n) is 1.35. The number of nitrogens with two attached hydrogens (primary N) is 1. The Labute approximate surface area is 83.5 Å². The van der Waals surface area contributed by atoms with Crippen LogP contribution < -0.4 is 5.73 Å². The Balaban J connectivity index is 3.82. The van der Waals surface area contributed by atoms with Gasteiger partial charge in [0.15, 0.2) is 0 Å². The molecule has 0 fully saturated rings. The maximum absolute atomic E-state index is 6.12. The Bertz CT molecular complexity index is 121. The first-order chi connectivity index (χ1) is 6.05. The molecule has 0 aromatic carbocycles. The van der Waals surface area contributed by atoms with E-state index in [2.05, 4.69) is 32.6 Å². The summed E-state index contributed by atoms with van der Waals surface area (Å²) < 4.78 is 0. The van der Waals surface area contributed by atoms with Gasteiger partial charge in [-0.2, -0.15) is 0 Å². The van der Waals surface area contributed by atoms with Gasteiger partial charge in [0, 0.05) is 12.1 Å².